The molecule has 2 fully saturated rings. The minimum absolute atomic E-state index is 0.829. The molecule has 0 aromatic heterocycles. The lowest BCUT2D eigenvalue weighted by molar-refractivity contribution is 0.210. The number of hydrogen-bond donors (Lipinski definition) is 1. The van der Waals surface area contributed by atoms with Crippen LogP contribution in [0.2, 0.25) is 0 Å². The van der Waals surface area contributed by atoms with E-state index in [9.17, 15) is 0 Å². The van der Waals surface area contributed by atoms with Crippen LogP contribution in [-0.2, 0) is 0 Å². The molecule has 0 bridgehead atoms. The molecule has 1 saturated carbocycles. The van der Waals surface area contributed by atoms with Gasteiger partial charge in [-0.1, -0.05) is 32.1 Å². The van der Waals surface area contributed by atoms with Crippen molar-refractivity contribution >= 4 is 0 Å². The van der Waals surface area contributed by atoms with Gasteiger partial charge in [0.05, 0.1) is 0 Å². The lowest BCUT2D eigenvalue weighted by atomic mass is 9.94. The molecule has 2 heteroatoms. The summed E-state index contributed by atoms with van der Waals surface area (Å²) in [6, 6.07) is 0.829. The summed E-state index contributed by atoms with van der Waals surface area (Å²) in [6.45, 7) is 3.88. The van der Waals surface area contributed by atoms with E-state index in [4.69, 9.17) is 0 Å². The highest BCUT2D eigenvalue weighted by molar-refractivity contribution is 4.75. The van der Waals surface area contributed by atoms with Crippen LogP contribution in [0.25, 0.3) is 0 Å². The van der Waals surface area contributed by atoms with Gasteiger partial charge in [0.1, 0.15) is 0 Å². The Morgan fingerprint density at radius 1 is 0.882 bits per heavy atom. The number of likely N-dealkylation sites (tertiary alicyclic amines) is 1. The molecule has 2 rings (SSSR count). The SMILES string of the molecule is CN1CCC(CNC2CCCCCCC2)CC1. The summed E-state index contributed by atoms with van der Waals surface area (Å²) in [5.74, 6) is 0.941. The summed E-state index contributed by atoms with van der Waals surface area (Å²) in [5.41, 5.74) is 0. The second-order valence-corrected chi connectivity index (χ2v) is 6.20. The summed E-state index contributed by atoms with van der Waals surface area (Å²) in [6.07, 6.45) is 12.9. The normalized spacial score (nSPS) is 26.6. The first-order valence-corrected chi connectivity index (χ1v) is 7.76. The molecule has 0 atom stereocenters. The van der Waals surface area contributed by atoms with Crippen LogP contribution in [0.5, 0.6) is 0 Å². The van der Waals surface area contributed by atoms with E-state index in [1.165, 1.54) is 77.4 Å². The summed E-state index contributed by atoms with van der Waals surface area (Å²) in [5, 5.41) is 3.86. The second-order valence-electron chi connectivity index (χ2n) is 6.20. The van der Waals surface area contributed by atoms with Crippen LogP contribution in [0, 0.1) is 5.92 Å². The van der Waals surface area contributed by atoms with Crippen molar-refractivity contribution in [1.82, 2.24) is 10.2 Å². The summed E-state index contributed by atoms with van der Waals surface area (Å²) < 4.78 is 0. The van der Waals surface area contributed by atoms with E-state index < -0.39 is 0 Å². The molecular formula is C15H30N2. The molecule has 2 aliphatic rings. The molecule has 0 aromatic rings. The van der Waals surface area contributed by atoms with Gasteiger partial charge in [-0.2, -0.15) is 0 Å². The van der Waals surface area contributed by atoms with Gasteiger partial charge in [-0.15, -0.1) is 0 Å². The smallest absolute Gasteiger partial charge is 0.00671 e. The lowest BCUT2D eigenvalue weighted by Crippen LogP contribution is -2.38. The molecule has 1 N–H and O–H groups in total. The molecule has 0 radical (unpaired) electrons. The fourth-order valence-corrected chi connectivity index (χ4v) is 3.26. The van der Waals surface area contributed by atoms with E-state index in [0.29, 0.717) is 0 Å². The zero-order valence-corrected chi connectivity index (χ0v) is 11.6. The molecule has 0 spiro atoms. The number of nitrogens with zero attached hydrogens (tertiary/aromatic N) is 1. The van der Waals surface area contributed by atoms with E-state index in [1.54, 1.807) is 0 Å². The molecule has 1 heterocycles. The zero-order chi connectivity index (χ0) is 11.9. The quantitative estimate of drug-likeness (QED) is 0.813. The van der Waals surface area contributed by atoms with Gasteiger partial charge < -0.3 is 10.2 Å². The van der Waals surface area contributed by atoms with E-state index in [0.717, 1.165) is 12.0 Å². The fraction of sp³-hybridized carbons (Fsp3) is 1.00. The molecule has 17 heavy (non-hydrogen) atoms. The molecule has 100 valence electrons. The summed E-state index contributed by atoms with van der Waals surface area (Å²) in [7, 11) is 2.25. The monoisotopic (exact) mass is 238 g/mol. The predicted octanol–water partition coefficient (Wildman–Crippen LogP) is 3.03. The van der Waals surface area contributed by atoms with Gasteiger partial charge in [-0.25, -0.2) is 0 Å². The van der Waals surface area contributed by atoms with Crippen LogP contribution in [-0.4, -0.2) is 37.6 Å². The van der Waals surface area contributed by atoms with Gasteiger partial charge in [-0.05, 0) is 58.3 Å². The van der Waals surface area contributed by atoms with E-state index in [1.807, 2.05) is 0 Å². The second kappa shape index (κ2) is 7.38. The Hall–Kier alpha value is -0.0800. The third kappa shape index (κ3) is 4.97. The van der Waals surface area contributed by atoms with Crippen LogP contribution in [0.15, 0.2) is 0 Å². The summed E-state index contributed by atoms with van der Waals surface area (Å²) in [4.78, 5) is 2.46. The van der Waals surface area contributed by atoms with Gasteiger partial charge >= 0.3 is 0 Å². The molecule has 0 aromatic carbocycles. The largest absolute Gasteiger partial charge is 0.314 e. The first-order valence-electron chi connectivity index (χ1n) is 7.76. The van der Waals surface area contributed by atoms with Crippen molar-refractivity contribution in [3.05, 3.63) is 0 Å². The van der Waals surface area contributed by atoms with Crippen LogP contribution >= 0.6 is 0 Å². The molecule has 1 aliphatic carbocycles. The van der Waals surface area contributed by atoms with Gasteiger partial charge in [0.15, 0.2) is 0 Å². The molecule has 0 unspecified atom stereocenters. The third-order valence-electron chi connectivity index (χ3n) is 4.64. The van der Waals surface area contributed by atoms with Crippen LogP contribution in [0.1, 0.15) is 57.8 Å². The Kier molecular flexibility index (Phi) is 5.79. The Bertz CT molecular complexity index is 189. The molecule has 2 nitrogen and oxygen atoms in total. The topological polar surface area (TPSA) is 15.3 Å². The van der Waals surface area contributed by atoms with Crippen molar-refractivity contribution < 1.29 is 0 Å². The third-order valence-corrected chi connectivity index (χ3v) is 4.64. The van der Waals surface area contributed by atoms with Crippen molar-refractivity contribution in [2.45, 2.75) is 63.8 Å². The highest BCUT2D eigenvalue weighted by Crippen LogP contribution is 2.19. The number of hydrogen-bond acceptors (Lipinski definition) is 2. The minimum atomic E-state index is 0.829. The van der Waals surface area contributed by atoms with E-state index in [-0.39, 0.29) is 0 Å². The van der Waals surface area contributed by atoms with Gasteiger partial charge in [-0.3, -0.25) is 0 Å². The minimum Gasteiger partial charge on any atom is -0.314 e. The molecule has 0 amide bonds. The fourth-order valence-electron chi connectivity index (χ4n) is 3.26. The molecule has 1 saturated heterocycles. The molecule has 1 aliphatic heterocycles. The van der Waals surface area contributed by atoms with Crippen molar-refractivity contribution in [2.75, 3.05) is 26.7 Å². The van der Waals surface area contributed by atoms with Crippen molar-refractivity contribution in [3.63, 3.8) is 0 Å². The summed E-state index contributed by atoms with van der Waals surface area (Å²) >= 11 is 0. The number of rotatable bonds is 3. The first-order chi connectivity index (χ1) is 8.34. The maximum absolute atomic E-state index is 3.86. The van der Waals surface area contributed by atoms with E-state index >= 15 is 0 Å². The van der Waals surface area contributed by atoms with Gasteiger partial charge in [0, 0.05) is 6.04 Å². The average molecular weight is 238 g/mol. The van der Waals surface area contributed by atoms with Gasteiger partial charge in [0.25, 0.3) is 0 Å². The van der Waals surface area contributed by atoms with Crippen LogP contribution in [0.4, 0.5) is 0 Å². The zero-order valence-electron chi connectivity index (χ0n) is 11.6. The number of piperidine rings is 1. The van der Waals surface area contributed by atoms with Crippen molar-refractivity contribution in [1.29, 1.82) is 0 Å². The van der Waals surface area contributed by atoms with Crippen LogP contribution < -0.4 is 5.32 Å². The number of nitrogens with one attached hydrogen (secondary N) is 1. The Morgan fingerprint density at radius 3 is 2.12 bits per heavy atom. The Balaban J connectivity index is 1.62. The van der Waals surface area contributed by atoms with Crippen molar-refractivity contribution in [2.24, 2.45) is 5.92 Å². The lowest BCUT2D eigenvalue weighted by Gasteiger charge is -2.30. The first kappa shape index (κ1) is 13.4. The maximum atomic E-state index is 3.86. The molecular weight excluding hydrogens is 208 g/mol. The van der Waals surface area contributed by atoms with Crippen molar-refractivity contribution in [3.8, 4) is 0 Å². The standard InChI is InChI=1S/C15H30N2/c1-17-11-9-14(10-12-17)13-16-15-7-5-3-2-4-6-8-15/h14-16H,2-13H2,1H3. The van der Waals surface area contributed by atoms with Gasteiger partial charge in [0.2, 0.25) is 0 Å². The average Bonchev–Trinajstić information content (AvgIpc) is 2.30. The maximum Gasteiger partial charge on any atom is 0.00671 e. The highest BCUT2D eigenvalue weighted by Gasteiger charge is 2.18. The Labute approximate surface area is 107 Å². The van der Waals surface area contributed by atoms with E-state index in [2.05, 4.69) is 17.3 Å². The van der Waals surface area contributed by atoms with Crippen LogP contribution in [0.3, 0.4) is 0 Å². The Morgan fingerprint density at radius 2 is 1.47 bits per heavy atom. The predicted molar refractivity (Wildman–Crippen MR) is 74.3 cm³/mol. The highest BCUT2D eigenvalue weighted by atomic mass is 15.1.